The van der Waals surface area contributed by atoms with Crippen LogP contribution in [-0.4, -0.2) is 0 Å². The van der Waals surface area contributed by atoms with Crippen molar-refractivity contribution in [3.8, 4) is 22.3 Å². The van der Waals surface area contributed by atoms with Gasteiger partial charge < -0.3 is 0 Å². The Bertz CT molecular complexity index is 1590. The Balaban J connectivity index is 1.24. The highest BCUT2D eigenvalue weighted by molar-refractivity contribution is 6.10. The van der Waals surface area contributed by atoms with Crippen molar-refractivity contribution in [1.82, 2.24) is 0 Å². The molecule has 4 bridgehead atoms. The minimum absolute atomic E-state index is 0.770. The molecule has 0 N–H and O–H groups in total. The predicted octanol–water partition coefficient (Wildman–Crippen LogP) is 10.1. The third kappa shape index (κ3) is 2.60. The molecule has 0 radical (unpaired) electrons. The van der Waals surface area contributed by atoms with Crippen LogP contribution in [0.5, 0.6) is 0 Å². The standard InChI is InChI=1S/C36H30/c1-3-29-23-13-15-27(17-23)35(29)31(5-1)25-11-9-21-7-8-22-10-12-26(20-34(22)33(21)19-25)32-6-2-4-30-24-14-16-28(18-24)36(30)32/h1-12,19-20,23-24,27-28H,13-18H2. The first-order valence-electron chi connectivity index (χ1n) is 14.0. The molecule has 0 heteroatoms. The zero-order valence-corrected chi connectivity index (χ0v) is 20.6. The first kappa shape index (κ1) is 19.8. The average Bonchev–Trinajstić information content (AvgIpc) is 3.74. The van der Waals surface area contributed by atoms with Gasteiger partial charge in [-0.1, -0.05) is 72.8 Å². The summed E-state index contributed by atoms with van der Waals surface area (Å²) in [5, 5.41) is 5.47. The Labute approximate surface area is 213 Å². The van der Waals surface area contributed by atoms with Crippen molar-refractivity contribution >= 4 is 21.5 Å². The van der Waals surface area contributed by atoms with Gasteiger partial charge in [-0.3, -0.25) is 0 Å². The van der Waals surface area contributed by atoms with Gasteiger partial charge in [-0.15, -0.1) is 0 Å². The van der Waals surface area contributed by atoms with Crippen LogP contribution in [0.2, 0.25) is 0 Å². The normalized spacial score (nSPS) is 25.1. The lowest BCUT2D eigenvalue weighted by Crippen LogP contribution is -2.00. The molecule has 0 amide bonds. The molecule has 9 rings (SSSR count). The van der Waals surface area contributed by atoms with Crippen LogP contribution in [0.25, 0.3) is 43.8 Å². The molecule has 4 unspecified atom stereocenters. The van der Waals surface area contributed by atoms with Crippen molar-refractivity contribution in [2.24, 2.45) is 0 Å². The lowest BCUT2D eigenvalue weighted by molar-refractivity contribution is 0.719. The Morgan fingerprint density at radius 3 is 1.39 bits per heavy atom. The van der Waals surface area contributed by atoms with E-state index in [-0.39, 0.29) is 0 Å². The van der Waals surface area contributed by atoms with Gasteiger partial charge in [0.25, 0.3) is 0 Å². The van der Waals surface area contributed by atoms with Crippen LogP contribution in [0, 0.1) is 0 Å². The van der Waals surface area contributed by atoms with E-state index in [0.717, 1.165) is 23.7 Å². The van der Waals surface area contributed by atoms with Crippen LogP contribution in [0.1, 0.15) is 84.5 Å². The lowest BCUT2D eigenvalue weighted by Gasteiger charge is -2.20. The van der Waals surface area contributed by atoms with Gasteiger partial charge in [0.15, 0.2) is 0 Å². The first-order chi connectivity index (χ1) is 17.8. The van der Waals surface area contributed by atoms with Crippen molar-refractivity contribution in [3.05, 3.63) is 107 Å². The fourth-order valence-corrected chi connectivity index (χ4v) is 8.73. The van der Waals surface area contributed by atoms with Gasteiger partial charge in [-0.2, -0.15) is 0 Å². The third-order valence-corrected chi connectivity index (χ3v) is 10.3. The summed E-state index contributed by atoms with van der Waals surface area (Å²) in [5.74, 6) is 3.14. The minimum Gasteiger partial charge on any atom is -0.0613 e. The van der Waals surface area contributed by atoms with Crippen LogP contribution < -0.4 is 0 Å². The maximum Gasteiger partial charge on any atom is -0.00990 e. The SMILES string of the molecule is c1cc(-c2ccc3ccc4ccc(-c5cccc6c5C5CCC6C5)cc4c3c2)c2c(c1)C1CCC2C1. The van der Waals surface area contributed by atoms with E-state index >= 15 is 0 Å². The van der Waals surface area contributed by atoms with Crippen molar-refractivity contribution in [1.29, 1.82) is 0 Å². The van der Waals surface area contributed by atoms with Crippen LogP contribution in [0.3, 0.4) is 0 Å². The van der Waals surface area contributed by atoms with E-state index in [1.165, 1.54) is 82.3 Å². The third-order valence-electron chi connectivity index (χ3n) is 10.3. The smallest absolute Gasteiger partial charge is 0.00990 e. The average molecular weight is 463 g/mol. The maximum absolute atomic E-state index is 2.49. The van der Waals surface area contributed by atoms with Gasteiger partial charge in [0, 0.05) is 0 Å². The molecule has 4 aliphatic carbocycles. The summed E-state index contributed by atoms with van der Waals surface area (Å²) < 4.78 is 0. The molecule has 0 aromatic heterocycles. The molecule has 0 spiro atoms. The molecule has 0 heterocycles. The van der Waals surface area contributed by atoms with Gasteiger partial charge in [0.2, 0.25) is 0 Å². The van der Waals surface area contributed by atoms with E-state index in [9.17, 15) is 0 Å². The number of benzene rings is 5. The zero-order chi connectivity index (χ0) is 23.4. The van der Waals surface area contributed by atoms with Crippen molar-refractivity contribution < 1.29 is 0 Å². The summed E-state index contributed by atoms with van der Waals surface area (Å²) in [4.78, 5) is 0. The molecule has 2 saturated carbocycles. The number of hydrogen-bond acceptors (Lipinski definition) is 0. The van der Waals surface area contributed by atoms with E-state index in [1.807, 2.05) is 0 Å². The van der Waals surface area contributed by atoms with Crippen LogP contribution in [-0.2, 0) is 0 Å². The van der Waals surface area contributed by atoms with Crippen molar-refractivity contribution in [3.63, 3.8) is 0 Å². The van der Waals surface area contributed by atoms with E-state index in [4.69, 9.17) is 0 Å². The summed E-state index contributed by atoms with van der Waals surface area (Å²) >= 11 is 0. The highest BCUT2D eigenvalue weighted by atomic mass is 14.4. The molecule has 4 aliphatic rings. The molecule has 36 heavy (non-hydrogen) atoms. The van der Waals surface area contributed by atoms with Crippen molar-refractivity contribution in [2.75, 3.05) is 0 Å². The number of rotatable bonds is 2. The Kier molecular flexibility index (Phi) is 3.90. The van der Waals surface area contributed by atoms with E-state index < -0.39 is 0 Å². The van der Waals surface area contributed by atoms with Gasteiger partial charge in [0.05, 0.1) is 0 Å². The van der Waals surface area contributed by atoms with E-state index in [0.29, 0.717) is 0 Å². The summed E-state index contributed by atoms with van der Waals surface area (Å²) in [6, 6.07) is 33.1. The van der Waals surface area contributed by atoms with E-state index in [1.54, 1.807) is 22.3 Å². The quantitative estimate of drug-likeness (QED) is 0.229. The molecule has 5 aromatic carbocycles. The lowest BCUT2D eigenvalue weighted by atomic mass is 9.84. The minimum atomic E-state index is 0.770. The largest absolute Gasteiger partial charge is 0.0613 e. The molecule has 4 atom stereocenters. The second-order valence-electron chi connectivity index (χ2n) is 12.0. The second-order valence-corrected chi connectivity index (χ2v) is 12.0. The van der Waals surface area contributed by atoms with Gasteiger partial charge >= 0.3 is 0 Å². The predicted molar refractivity (Wildman–Crippen MR) is 151 cm³/mol. The van der Waals surface area contributed by atoms with Gasteiger partial charge in [0.1, 0.15) is 0 Å². The van der Waals surface area contributed by atoms with Gasteiger partial charge in [-0.25, -0.2) is 0 Å². The second kappa shape index (κ2) is 7.10. The van der Waals surface area contributed by atoms with Crippen LogP contribution >= 0.6 is 0 Å². The summed E-state index contributed by atoms with van der Waals surface area (Å²) in [7, 11) is 0. The Morgan fingerprint density at radius 1 is 0.444 bits per heavy atom. The molecule has 0 aliphatic heterocycles. The number of hydrogen-bond donors (Lipinski definition) is 0. The molecular formula is C36H30. The van der Waals surface area contributed by atoms with E-state index in [2.05, 4.69) is 84.9 Å². The molecule has 2 fully saturated rings. The Morgan fingerprint density at radius 2 is 0.889 bits per heavy atom. The van der Waals surface area contributed by atoms with Crippen LogP contribution in [0.15, 0.2) is 84.9 Å². The Hall–Kier alpha value is -3.38. The monoisotopic (exact) mass is 462 g/mol. The molecule has 5 aromatic rings. The fraction of sp³-hybridized carbons (Fsp3) is 0.278. The topological polar surface area (TPSA) is 0 Å². The highest BCUT2D eigenvalue weighted by Crippen LogP contribution is 2.57. The maximum atomic E-state index is 2.49. The summed E-state index contributed by atoms with van der Waals surface area (Å²) in [5.41, 5.74) is 12.3. The molecule has 0 nitrogen and oxygen atoms in total. The first-order valence-corrected chi connectivity index (χ1v) is 14.0. The van der Waals surface area contributed by atoms with Crippen LogP contribution in [0.4, 0.5) is 0 Å². The number of fused-ring (bicyclic) bond motifs is 13. The highest BCUT2D eigenvalue weighted by Gasteiger charge is 2.39. The zero-order valence-electron chi connectivity index (χ0n) is 20.6. The molecule has 0 saturated heterocycles. The summed E-state index contributed by atoms with van der Waals surface area (Å²) in [6.07, 6.45) is 8.26. The molecule has 174 valence electrons. The molecular weight excluding hydrogens is 432 g/mol. The van der Waals surface area contributed by atoms with Gasteiger partial charge in [-0.05, 0) is 140 Å². The fourth-order valence-electron chi connectivity index (χ4n) is 8.73. The van der Waals surface area contributed by atoms with Crippen molar-refractivity contribution in [2.45, 2.75) is 62.2 Å². The summed E-state index contributed by atoms with van der Waals surface area (Å²) in [6.45, 7) is 0.